The maximum absolute atomic E-state index is 11.3. The Bertz CT molecular complexity index is 788. The zero-order valence-electron chi connectivity index (χ0n) is 19.7. The quantitative estimate of drug-likeness (QED) is 0.413. The summed E-state index contributed by atoms with van der Waals surface area (Å²) in [7, 11) is 0. The molecule has 32 heavy (non-hydrogen) atoms. The van der Waals surface area contributed by atoms with E-state index in [4.69, 9.17) is 0 Å². The predicted molar refractivity (Wildman–Crippen MR) is 146 cm³/mol. The van der Waals surface area contributed by atoms with E-state index in [1.54, 1.807) is 0 Å². The van der Waals surface area contributed by atoms with Crippen molar-refractivity contribution in [3.63, 3.8) is 0 Å². The minimum absolute atomic E-state index is 0. The van der Waals surface area contributed by atoms with Crippen molar-refractivity contribution >= 4 is 34.0 Å². The van der Waals surface area contributed by atoms with Crippen LogP contribution in [0.25, 0.3) is 0 Å². The molecule has 2 saturated heterocycles. The van der Waals surface area contributed by atoms with E-state index in [2.05, 4.69) is 66.1 Å². The molecule has 0 aromatic heterocycles. The van der Waals surface area contributed by atoms with Gasteiger partial charge in [-0.05, 0) is 75.1 Å². The lowest BCUT2D eigenvalue weighted by Gasteiger charge is -2.32. The first-order chi connectivity index (χ1) is 14.5. The van der Waals surface area contributed by atoms with Crippen LogP contribution in [0.3, 0.4) is 0 Å². The van der Waals surface area contributed by atoms with Crippen LogP contribution in [-0.2, 0) is 18.5 Å². The summed E-state index contributed by atoms with van der Waals surface area (Å²) in [6.45, 7) is 10.9. The molecule has 0 unspecified atom stereocenters. The Morgan fingerprint density at radius 1 is 0.688 bits per heavy atom. The zero-order chi connectivity index (χ0) is 21.0. The highest BCUT2D eigenvalue weighted by atomic mass is 79.9. The van der Waals surface area contributed by atoms with E-state index in [-0.39, 0.29) is 39.4 Å². The van der Waals surface area contributed by atoms with Gasteiger partial charge in [0.05, 0.1) is 0 Å². The third-order valence-electron chi connectivity index (χ3n) is 7.17. The highest BCUT2D eigenvalue weighted by molar-refractivity contribution is 8.93. The molecule has 0 spiro atoms. The number of benzene rings is 2. The third kappa shape index (κ3) is 6.59. The maximum Gasteiger partial charge on any atom is 0.124 e. The van der Waals surface area contributed by atoms with Crippen molar-refractivity contribution < 1.29 is 5.11 Å². The number of phenols is 1. The van der Waals surface area contributed by atoms with Crippen LogP contribution in [0.5, 0.6) is 5.75 Å². The van der Waals surface area contributed by atoms with Gasteiger partial charge in [-0.2, -0.15) is 0 Å². The molecule has 4 rings (SSSR count). The molecule has 2 fully saturated rings. The van der Waals surface area contributed by atoms with Crippen molar-refractivity contribution in [1.29, 1.82) is 0 Å². The Hall–Kier alpha value is -0.880. The number of hydrogen-bond donors (Lipinski definition) is 1. The Morgan fingerprint density at radius 2 is 1.12 bits per heavy atom. The van der Waals surface area contributed by atoms with E-state index in [0.717, 1.165) is 50.4 Å². The number of likely N-dealkylation sites (tertiary alicyclic amines) is 2. The van der Waals surface area contributed by atoms with Crippen LogP contribution in [0.15, 0.2) is 42.5 Å². The Morgan fingerprint density at radius 3 is 1.56 bits per heavy atom. The van der Waals surface area contributed by atoms with Gasteiger partial charge in [-0.15, -0.1) is 34.0 Å². The lowest BCUT2D eigenvalue weighted by atomic mass is 9.77. The molecule has 0 radical (unpaired) electrons. The second kappa shape index (κ2) is 12.5. The Labute approximate surface area is 215 Å². The first-order valence-electron chi connectivity index (χ1n) is 11.9. The summed E-state index contributed by atoms with van der Waals surface area (Å²) in [5.74, 6) is 0.527. The molecule has 1 N–H and O–H groups in total. The van der Waals surface area contributed by atoms with Gasteiger partial charge < -0.3 is 5.11 Å². The van der Waals surface area contributed by atoms with Crippen molar-refractivity contribution in [3.8, 4) is 5.75 Å². The van der Waals surface area contributed by atoms with Crippen LogP contribution in [0.1, 0.15) is 74.6 Å². The van der Waals surface area contributed by atoms with Crippen molar-refractivity contribution in [2.45, 2.75) is 70.9 Å². The molecule has 0 amide bonds. The van der Waals surface area contributed by atoms with Gasteiger partial charge in [0, 0.05) is 29.6 Å². The Kier molecular flexibility index (Phi) is 10.7. The van der Waals surface area contributed by atoms with E-state index >= 15 is 0 Å². The van der Waals surface area contributed by atoms with Crippen molar-refractivity contribution in [2.24, 2.45) is 0 Å². The lowest BCUT2D eigenvalue weighted by molar-refractivity contribution is 0.212. The fourth-order valence-electron chi connectivity index (χ4n) is 5.10. The molecule has 3 nitrogen and oxygen atoms in total. The molecule has 2 aromatic carbocycles. The van der Waals surface area contributed by atoms with E-state index in [9.17, 15) is 5.11 Å². The molecule has 0 saturated carbocycles. The summed E-state index contributed by atoms with van der Waals surface area (Å²) in [6.07, 6.45) is 7.77. The third-order valence-corrected chi connectivity index (χ3v) is 7.17. The van der Waals surface area contributed by atoms with Gasteiger partial charge in [0.15, 0.2) is 0 Å². The second-order valence-corrected chi connectivity index (χ2v) is 9.81. The average Bonchev–Trinajstić information content (AvgIpc) is 2.78. The standard InChI is InChI=1S/C27H38N2O.2BrH/c1-27(2,24-12-6-3-7-13-24)25-18-22(20-28-14-8-4-9-15-28)26(30)23(19-25)21-29-16-10-5-11-17-29;;/h3,6-7,12-13,18-19,30H,4-5,8-11,14-17,20-21H2,1-2H3;2*1H. The molecule has 2 aromatic rings. The van der Waals surface area contributed by atoms with Crippen LogP contribution in [0, 0.1) is 0 Å². The number of piperidine rings is 2. The summed E-state index contributed by atoms with van der Waals surface area (Å²) in [5.41, 5.74) is 4.74. The van der Waals surface area contributed by atoms with Gasteiger partial charge in [-0.3, -0.25) is 9.80 Å². The first kappa shape index (κ1) is 27.4. The first-order valence-corrected chi connectivity index (χ1v) is 11.9. The number of hydrogen-bond acceptors (Lipinski definition) is 3. The van der Waals surface area contributed by atoms with E-state index in [1.807, 2.05) is 0 Å². The fourth-order valence-corrected chi connectivity index (χ4v) is 5.10. The highest BCUT2D eigenvalue weighted by Crippen LogP contribution is 2.37. The molecular formula is C27H40Br2N2O. The van der Waals surface area contributed by atoms with Crippen LogP contribution >= 0.6 is 34.0 Å². The average molecular weight is 568 g/mol. The summed E-state index contributed by atoms with van der Waals surface area (Å²) >= 11 is 0. The van der Waals surface area contributed by atoms with E-state index < -0.39 is 0 Å². The molecule has 0 atom stereocenters. The number of nitrogens with zero attached hydrogens (tertiary/aromatic N) is 2. The van der Waals surface area contributed by atoms with Crippen LogP contribution in [0.4, 0.5) is 0 Å². The lowest BCUT2D eigenvalue weighted by Crippen LogP contribution is -2.31. The molecule has 178 valence electrons. The molecular weight excluding hydrogens is 528 g/mol. The van der Waals surface area contributed by atoms with E-state index in [0.29, 0.717) is 5.75 Å². The highest BCUT2D eigenvalue weighted by Gasteiger charge is 2.26. The van der Waals surface area contributed by atoms with Crippen LogP contribution < -0.4 is 0 Å². The summed E-state index contributed by atoms with van der Waals surface area (Å²) in [5, 5.41) is 11.3. The van der Waals surface area contributed by atoms with Gasteiger partial charge in [0.1, 0.15) is 5.75 Å². The molecule has 5 heteroatoms. The van der Waals surface area contributed by atoms with E-state index in [1.165, 1.54) is 49.7 Å². The topological polar surface area (TPSA) is 26.7 Å². The van der Waals surface area contributed by atoms with Crippen molar-refractivity contribution in [1.82, 2.24) is 9.80 Å². The van der Waals surface area contributed by atoms with Crippen molar-refractivity contribution in [2.75, 3.05) is 26.2 Å². The maximum atomic E-state index is 11.3. The largest absolute Gasteiger partial charge is 0.507 e. The second-order valence-electron chi connectivity index (χ2n) is 9.81. The smallest absolute Gasteiger partial charge is 0.124 e. The predicted octanol–water partition coefficient (Wildman–Crippen LogP) is 6.85. The summed E-state index contributed by atoms with van der Waals surface area (Å²) in [6, 6.07) is 15.3. The summed E-state index contributed by atoms with van der Waals surface area (Å²) < 4.78 is 0. The van der Waals surface area contributed by atoms with Gasteiger partial charge in [0.25, 0.3) is 0 Å². The molecule has 2 heterocycles. The minimum Gasteiger partial charge on any atom is -0.507 e. The van der Waals surface area contributed by atoms with Crippen molar-refractivity contribution in [3.05, 3.63) is 64.7 Å². The molecule has 0 aliphatic carbocycles. The number of aromatic hydroxyl groups is 1. The number of phenolic OH excluding ortho intramolecular Hbond substituents is 1. The van der Waals surface area contributed by atoms with Gasteiger partial charge in [-0.25, -0.2) is 0 Å². The van der Waals surface area contributed by atoms with Crippen LogP contribution in [-0.4, -0.2) is 41.1 Å². The number of rotatable bonds is 6. The molecule has 2 aliphatic rings. The summed E-state index contributed by atoms with van der Waals surface area (Å²) in [4.78, 5) is 5.03. The van der Waals surface area contributed by atoms with Gasteiger partial charge in [-0.1, -0.05) is 57.0 Å². The number of halogens is 2. The van der Waals surface area contributed by atoms with Gasteiger partial charge >= 0.3 is 0 Å². The molecule has 0 bridgehead atoms. The molecule has 2 aliphatic heterocycles. The van der Waals surface area contributed by atoms with Gasteiger partial charge in [0.2, 0.25) is 0 Å². The SMILES string of the molecule is Br.Br.CC(C)(c1ccccc1)c1cc(CN2CCCCC2)c(O)c(CN2CCCCC2)c1. The van der Waals surface area contributed by atoms with Crippen LogP contribution in [0.2, 0.25) is 0 Å². The monoisotopic (exact) mass is 566 g/mol. The zero-order valence-corrected chi connectivity index (χ0v) is 23.1. The minimum atomic E-state index is -0.0950. The Balaban J connectivity index is 0.00000181. The fraction of sp³-hybridized carbons (Fsp3) is 0.556. The normalized spacial score (nSPS) is 17.9.